The van der Waals surface area contributed by atoms with Crippen molar-refractivity contribution in [3.05, 3.63) is 35.5 Å². The molecule has 0 aliphatic carbocycles. The molecule has 21 heavy (non-hydrogen) atoms. The van der Waals surface area contributed by atoms with Crippen molar-refractivity contribution in [3.63, 3.8) is 0 Å². The number of nitrogens with zero attached hydrogens (tertiary/aromatic N) is 1. The zero-order valence-corrected chi connectivity index (χ0v) is 13.1. The monoisotopic (exact) mass is 284 g/mol. The molecule has 1 aromatic heterocycles. The van der Waals surface area contributed by atoms with E-state index in [0.29, 0.717) is 12.0 Å². The van der Waals surface area contributed by atoms with Gasteiger partial charge < -0.3 is 9.88 Å². The third-order valence-corrected chi connectivity index (χ3v) is 4.63. The standard InChI is InChI=1S/C18H24N2O/c1-12-7-8-15-10-17(19-16(15)9-12)18(21)20-11-13(2)5-4-6-14(20)3/h7-10,13-14,19H,4-6,11H2,1-3H3/t13-,14+/m1/s1. The molecule has 3 nitrogen and oxygen atoms in total. The zero-order valence-electron chi connectivity index (χ0n) is 13.1. The van der Waals surface area contributed by atoms with Crippen LogP contribution in [0.25, 0.3) is 10.9 Å². The summed E-state index contributed by atoms with van der Waals surface area (Å²) < 4.78 is 0. The van der Waals surface area contributed by atoms with Crippen LogP contribution in [0.3, 0.4) is 0 Å². The van der Waals surface area contributed by atoms with E-state index in [0.717, 1.165) is 29.6 Å². The number of fused-ring (bicyclic) bond motifs is 1. The number of benzene rings is 1. The highest BCUT2D eigenvalue weighted by molar-refractivity contribution is 5.98. The number of aromatic amines is 1. The lowest BCUT2D eigenvalue weighted by Gasteiger charge is -2.28. The zero-order chi connectivity index (χ0) is 15.0. The van der Waals surface area contributed by atoms with Gasteiger partial charge in [0.2, 0.25) is 0 Å². The Balaban J connectivity index is 1.91. The number of amides is 1. The van der Waals surface area contributed by atoms with Gasteiger partial charge in [-0.25, -0.2) is 0 Å². The lowest BCUT2D eigenvalue weighted by molar-refractivity contribution is 0.0672. The summed E-state index contributed by atoms with van der Waals surface area (Å²) in [4.78, 5) is 18.2. The second kappa shape index (κ2) is 5.55. The third-order valence-electron chi connectivity index (χ3n) is 4.63. The van der Waals surface area contributed by atoms with Gasteiger partial charge in [-0.15, -0.1) is 0 Å². The molecule has 0 unspecified atom stereocenters. The van der Waals surface area contributed by atoms with Crippen LogP contribution < -0.4 is 0 Å². The second-order valence-electron chi connectivity index (χ2n) is 6.62. The Hall–Kier alpha value is -1.77. The highest BCUT2D eigenvalue weighted by atomic mass is 16.2. The molecule has 1 aliphatic heterocycles. The van der Waals surface area contributed by atoms with Crippen LogP contribution in [0.4, 0.5) is 0 Å². The summed E-state index contributed by atoms with van der Waals surface area (Å²) in [6, 6.07) is 8.57. The number of hydrogen-bond donors (Lipinski definition) is 1. The van der Waals surface area contributed by atoms with Crippen molar-refractivity contribution >= 4 is 16.8 Å². The number of rotatable bonds is 1. The Morgan fingerprint density at radius 1 is 1.24 bits per heavy atom. The Morgan fingerprint density at radius 3 is 2.86 bits per heavy atom. The number of hydrogen-bond acceptors (Lipinski definition) is 1. The molecular formula is C18H24N2O. The highest BCUT2D eigenvalue weighted by Gasteiger charge is 2.26. The van der Waals surface area contributed by atoms with Crippen LogP contribution in [0, 0.1) is 12.8 Å². The first kappa shape index (κ1) is 14.2. The van der Waals surface area contributed by atoms with Gasteiger partial charge >= 0.3 is 0 Å². The summed E-state index contributed by atoms with van der Waals surface area (Å²) in [7, 11) is 0. The molecule has 0 spiro atoms. The molecule has 1 fully saturated rings. The van der Waals surface area contributed by atoms with E-state index in [9.17, 15) is 4.79 Å². The Kier molecular flexibility index (Phi) is 3.75. The average Bonchev–Trinajstić information content (AvgIpc) is 2.78. The van der Waals surface area contributed by atoms with E-state index in [1.54, 1.807) is 0 Å². The van der Waals surface area contributed by atoms with Gasteiger partial charge in [-0.2, -0.15) is 0 Å². The van der Waals surface area contributed by atoms with Gasteiger partial charge in [-0.3, -0.25) is 4.79 Å². The van der Waals surface area contributed by atoms with E-state index in [-0.39, 0.29) is 5.91 Å². The average molecular weight is 284 g/mol. The fourth-order valence-electron chi connectivity index (χ4n) is 3.32. The molecule has 112 valence electrons. The molecule has 2 atom stereocenters. The molecule has 0 saturated carbocycles. The van der Waals surface area contributed by atoms with E-state index in [4.69, 9.17) is 0 Å². The van der Waals surface area contributed by atoms with Crippen LogP contribution in [0.15, 0.2) is 24.3 Å². The minimum absolute atomic E-state index is 0.144. The fraction of sp³-hybridized carbons (Fsp3) is 0.500. The first-order valence-corrected chi connectivity index (χ1v) is 7.95. The summed E-state index contributed by atoms with van der Waals surface area (Å²) in [6.45, 7) is 7.35. The van der Waals surface area contributed by atoms with Crippen molar-refractivity contribution in [1.82, 2.24) is 9.88 Å². The van der Waals surface area contributed by atoms with Gasteiger partial charge in [0.1, 0.15) is 5.69 Å². The van der Waals surface area contributed by atoms with E-state index in [1.807, 2.05) is 6.07 Å². The van der Waals surface area contributed by atoms with E-state index in [2.05, 4.69) is 48.9 Å². The first-order chi connectivity index (χ1) is 10.0. The van der Waals surface area contributed by atoms with Gasteiger partial charge in [0, 0.05) is 23.5 Å². The molecule has 1 N–H and O–H groups in total. The molecule has 2 aromatic rings. The minimum atomic E-state index is 0.144. The van der Waals surface area contributed by atoms with E-state index >= 15 is 0 Å². The molecule has 1 amide bonds. The number of aryl methyl sites for hydroxylation is 1. The lowest BCUT2D eigenvalue weighted by Crippen LogP contribution is -2.40. The van der Waals surface area contributed by atoms with Crippen molar-refractivity contribution in [1.29, 1.82) is 0 Å². The maximum Gasteiger partial charge on any atom is 0.270 e. The molecule has 3 rings (SSSR count). The van der Waals surface area contributed by atoms with Gasteiger partial charge in [0.15, 0.2) is 0 Å². The SMILES string of the molecule is Cc1ccc2cc(C(=O)N3C[C@H](C)CCC[C@@H]3C)[nH]c2c1. The molecule has 1 aliphatic rings. The summed E-state index contributed by atoms with van der Waals surface area (Å²) in [5.74, 6) is 0.732. The first-order valence-electron chi connectivity index (χ1n) is 7.95. The molecule has 2 heterocycles. The summed E-state index contributed by atoms with van der Waals surface area (Å²) in [6.07, 6.45) is 3.55. The summed E-state index contributed by atoms with van der Waals surface area (Å²) in [5.41, 5.74) is 2.98. The number of aromatic nitrogens is 1. The van der Waals surface area contributed by atoms with Crippen LogP contribution in [0.2, 0.25) is 0 Å². The van der Waals surface area contributed by atoms with Crippen LogP contribution in [0.1, 0.15) is 49.2 Å². The van der Waals surface area contributed by atoms with Crippen LogP contribution in [0.5, 0.6) is 0 Å². The summed E-state index contributed by atoms with van der Waals surface area (Å²) >= 11 is 0. The predicted octanol–water partition coefficient (Wildman–Crippen LogP) is 4.13. The van der Waals surface area contributed by atoms with Crippen molar-refractivity contribution < 1.29 is 4.79 Å². The van der Waals surface area contributed by atoms with Crippen LogP contribution >= 0.6 is 0 Å². The van der Waals surface area contributed by atoms with Gasteiger partial charge in [0.25, 0.3) is 5.91 Å². The quantitative estimate of drug-likeness (QED) is 0.840. The smallest absolute Gasteiger partial charge is 0.270 e. The topological polar surface area (TPSA) is 36.1 Å². The maximum absolute atomic E-state index is 12.9. The highest BCUT2D eigenvalue weighted by Crippen LogP contribution is 2.24. The van der Waals surface area contributed by atoms with Crippen LogP contribution in [-0.2, 0) is 0 Å². The van der Waals surface area contributed by atoms with Crippen LogP contribution in [-0.4, -0.2) is 28.4 Å². The van der Waals surface area contributed by atoms with Crippen molar-refractivity contribution in [2.24, 2.45) is 5.92 Å². The van der Waals surface area contributed by atoms with Crippen molar-refractivity contribution in [2.75, 3.05) is 6.54 Å². The van der Waals surface area contributed by atoms with Gasteiger partial charge in [-0.05, 0) is 50.3 Å². The molecule has 1 aromatic carbocycles. The molecule has 0 radical (unpaired) electrons. The summed E-state index contributed by atoms with van der Waals surface area (Å²) in [5, 5.41) is 1.11. The lowest BCUT2D eigenvalue weighted by atomic mass is 10.1. The van der Waals surface area contributed by atoms with Gasteiger partial charge in [0.05, 0.1) is 0 Å². The van der Waals surface area contributed by atoms with E-state index < -0.39 is 0 Å². The fourth-order valence-corrected chi connectivity index (χ4v) is 3.32. The van der Waals surface area contributed by atoms with Crippen molar-refractivity contribution in [3.8, 4) is 0 Å². The predicted molar refractivity (Wildman–Crippen MR) is 86.5 cm³/mol. The Morgan fingerprint density at radius 2 is 2.05 bits per heavy atom. The third kappa shape index (κ3) is 2.82. The molecule has 3 heteroatoms. The van der Waals surface area contributed by atoms with Gasteiger partial charge in [-0.1, -0.05) is 25.5 Å². The maximum atomic E-state index is 12.9. The molecule has 0 bridgehead atoms. The minimum Gasteiger partial charge on any atom is -0.351 e. The number of H-pyrrole nitrogens is 1. The van der Waals surface area contributed by atoms with E-state index in [1.165, 1.54) is 18.4 Å². The largest absolute Gasteiger partial charge is 0.351 e. The van der Waals surface area contributed by atoms with Crippen molar-refractivity contribution in [2.45, 2.75) is 46.1 Å². The number of likely N-dealkylation sites (tertiary alicyclic amines) is 1. The Bertz CT molecular complexity index is 658. The normalized spacial score (nSPS) is 23.3. The number of nitrogens with one attached hydrogen (secondary N) is 1. The molecule has 1 saturated heterocycles. The molecular weight excluding hydrogens is 260 g/mol. The second-order valence-corrected chi connectivity index (χ2v) is 6.62. The Labute approximate surface area is 126 Å². The number of carbonyl (C=O) groups excluding carboxylic acids is 1. The number of carbonyl (C=O) groups is 1.